The molecule has 0 saturated heterocycles. The van der Waals surface area contributed by atoms with E-state index in [4.69, 9.17) is 0 Å². The summed E-state index contributed by atoms with van der Waals surface area (Å²) in [4.78, 5) is 11.8. The van der Waals surface area contributed by atoms with Gasteiger partial charge in [-0.15, -0.1) is 0 Å². The van der Waals surface area contributed by atoms with E-state index in [1.54, 1.807) is 30.1 Å². The van der Waals surface area contributed by atoms with Gasteiger partial charge in [0.25, 0.3) is 0 Å². The van der Waals surface area contributed by atoms with Crippen LogP contribution in [0.3, 0.4) is 0 Å². The van der Waals surface area contributed by atoms with Crippen LogP contribution in [0.5, 0.6) is 0 Å². The Kier molecular flexibility index (Phi) is 6.45. The topological polar surface area (TPSA) is 98.0 Å². The van der Waals surface area contributed by atoms with Gasteiger partial charge in [0.15, 0.2) is 0 Å². The SMILES string of the molecule is CCCCNC(=O)NS(=O)(=O)CCc1c(C)nn(C)c1-n1ccc2cc(F)ccc21. The molecule has 0 radical (unpaired) electrons. The number of carbonyl (C=O) groups excluding carboxylic acids is 1. The summed E-state index contributed by atoms with van der Waals surface area (Å²) >= 11 is 0. The van der Waals surface area contributed by atoms with Crippen LogP contribution in [0.15, 0.2) is 30.5 Å². The van der Waals surface area contributed by atoms with Crippen molar-refractivity contribution < 1.29 is 17.6 Å². The minimum absolute atomic E-state index is 0.174. The van der Waals surface area contributed by atoms with Crippen molar-refractivity contribution in [2.24, 2.45) is 7.05 Å². The highest BCUT2D eigenvalue weighted by Gasteiger charge is 2.21. The molecular formula is C20H26FN5O3S. The number of aryl methyl sites for hydroxylation is 2. The number of nitrogens with one attached hydrogen (secondary N) is 2. The summed E-state index contributed by atoms with van der Waals surface area (Å²) in [7, 11) is -2.04. The summed E-state index contributed by atoms with van der Waals surface area (Å²) in [5.74, 6) is 0.120. The lowest BCUT2D eigenvalue weighted by atomic mass is 10.2. The van der Waals surface area contributed by atoms with Gasteiger partial charge in [0.1, 0.15) is 11.6 Å². The molecule has 0 aliphatic carbocycles. The lowest BCUT2D eigenvalue weighted by Crippen LogP contribution is -2.41. The fourth-order valence-electron chi connectivity index (χ4n) is 3.43. The lowest BCUT2D eigenvalue weighted by molar-refractivity contribution is 0.245. The zero-order valence-corrected chi connectivity index (χ0v) is 18.1. The van der Waals surface area contributed by atoms with Crippen LogP contribution in [-0.2, 0) is 23.5 Å². The van der Waals surface area contributed by atoms with Crippen LogP contribution in [0.4, 0.5) is 9.18 Å². The van der Waals surface area contributed by atoms with Gasteiger partial charge < -0.3 is 9.88 Å². The number of carbonyl (C=O) groups is 1. The first kappa shape index (κ1) is 21.8. The molecule has 0 aliphatic rings. The summed E-state index contributed by atoms with van der Waals surface area (Å²) in [6, 6.07) is 5.58. The molecule has 2 heterocycles. The number of benzene rings is 1. The van der Waals surface area contributed by atoms with Crippen LogP contribution in [0, 0.1) is 12.7 Å². The van der Waals surface area contributed by atoms with E-state index in [9.17, 15) is 17.6 Å². The van der Waals surface area contributed by atoms with Gasteiger partial charge in [-0.1, -0.05) is 13.3 Å². The molecule has 1 aromatic carbocycles. The molecule has 2 aromatic heterocycles. The number of hydrogen-bond donors (Lipinski definition) is 2. The Morgan fingerprint density at radius 2 is 2.03 bits per heavy atom. The summed E-state index contributed by atoms with van der Waals surface area (Å²) in [5.41, 5.74) is 2.23. The number of fused-ring (bicyclic) bond motifs is 1. The highest BCUT2D eigenvalue weighted by Crippen LogP contribution is 2.25. The maximum absolute atomic E-state index is 13.5. The van der Waals surface area contributed by atoms with Gasteiger partial charge in [-0.25, -0.2) is 22.3 Å². The third-order valence-corrected chi connectivity index (χ3v) is 6.12. The van der Waals surface area contributed by atoms with Gasteiger partial charge in [-0.3, -0.25) is 4.68 Å². The number of unbranched alkanes of at least 4 members (excludes halogenated alkanes) is 1. The molecule has 0 bridgehead atoms. The van der Waals surface area contributed by atoms with Crippen LogP contribution in [0.1, 0.15) is 31.0 Å². The first-order valence-electron chi connectivity index (χ1n) is 9.79. The molecule has 2 N–H and O–H groups in total. The molecule has 3 aromatic rings. The van der Waals surface area contributed by atoms with Crippen LogP contribution >= 0.6 is 0 Å². The Morgan fingerprint density at radius 1 is 1.27 bits per heavy atom. The predicted octanol–water partition coefficient (Wildman–Crippen LogP) is 2.78. The molecule has 0 saturated carbocycles. The van der Waals surface area contributed by atoms with E-state index in [1.807, 2.05) is 23.1 Å². The minimum Gasteiger partial charge on any atom is -0.337 e. The summed E-state index contributed by atoms with van der Waals surface area (Å²) in [5, 5.41) is 7.70. The van der Waals surface area contributed by atoms with Gasteiger partial charge in [0.05, 0.1) is 17.0 Å². The predicted molar refractivity (Wildman–Crippen MR) is 114 cm³/mol. The van der Waals surface area contributed by atoms with E-state index in [-0.39, 0.29) is 18.0 Å². The van der Waals surface area contributed by atoms with Crippen molar-refractivity contribution in [1.82, 2.24) is 24.4 Å². The molecule has 10 heteroatoms. The Hall–Kier alpha value is -2.88. The molecule has 2 amide bonds. The van der Waals surface area contributed by atoms with Crippen molar-refractivity contribution in [3.63, 3.8) is 0 Å². The van der Waals surface area contributed by atoms with Crippen LogP contribution in [0.25, 0.3) is 16.7 Å². The molecule has 0 spiro atoms. The molecule has 0 atom stereocenters. The Balaban J connectivity index is 1.81. The standard InChI is InChI=1S/C20H26FN5O3S/c1-4-5-10-22-20(27)24-30(28,29)12-9-17-14(2)23-25(3)19(17)26-11-8-15-13-16(21)6-7-18(15)26/h6-8,11,13H,4-5,9-10,12H2,1-3H3,(H2,22,24,27). The Labute approximate surface area is 175 Å². The number of nitrogens with zero attached hydrogens (tertiary/aromatic N) is 3. The van der Waals surface area contributed by atoms with Gasteiger partial charge in [0.2, 0.25) is 10.0 Å². The molecule has 0 fully saturated rings. The fraction of sp³-hybridized carbons (Fsp3) is 0.400. The average Bonchev–Trinajstić information content (AvgIpc) is 3.18. The van der Waals surface area contributed by atoms with Gasteiger partial charge in [-0.2, -0.15) is 5.10 Å². The first-order valence-corrected chi connectivity index (χ1v) is 11.4. The van der Waals surface area contributed by atoms with E-state index in [1.165, 1.54) is 12.1 Å². The third kappa shape index (κ3) is 4.81. The van der Waals surface area contributed by atoms with Crippen molar-refractivity contribution >= 4 is 27.0 Å². The lowest BCUT2D eigenvalue weighted by Gasteiger charge is -2.11. The maximum Gasteiger partial charge on any atom is 0.328 e. The number of hydrogen-bond acceptors (Lipinski definition) is 4. The number of urea groups is 1. The van der Waals surface area contributed by atoms with E-state index >= 15 is 0 Å². The van der Waals surface area contributed by atoms with Crippen molar-refractivity contribution in [2.75, 3.05) is 12.3 Å². The van der Waals surface area contributed by atoms with E-state index in [0.29, 0.717) is 18.1 Å². The number of aromatic nitrogens is 3. The van der Waals surface area contributed by atoms with Crippen LogP contribution in [0.2, 0.25) is 0 Å². The summed E-state index contributed by atoms with van der Waals surface area (Å²) < 4.78 is 43.8. The van der Waals surface area contributed by atoms with Crippen molar-refractivity contribution in [3.8, 4) is 5.82 Å². The van der Waals surface area contributed by atoms with Gasteiger partial charge in [-0.05, 0) is 44.0 Å². The molecular weight excluding hydrogens is 409 g/mol. The van der Waals surface area contributed by atoms with Crippen molar-refractivity contribution in [3.05, 3.63) is 47.5 Å². The van der Waals surface area contributed by atoms with E-state index in [0.717, 1.165) is 29.3 Å². The first-order chi connectivity index (χ1) is 14.2. The van der Waals surface area contributed by atoms with Gasteiger partial charge in [0, 0.05) is 30.7 Å². The van der Waals surface area contributed by atoms with Crippen molar-refractivity contribution in [2.45, 2.75) is 33.1 Å². The molecule has 8 nitrogen and oxygen atoms in total. The van der Waals surface area contributed by atoms with Crippen LogP contribution < -0.4 is 10.0 Å². The van der Waals surface area contributed by atoms with E-state index < -0.39 is 16.1 Å². The minimum atomic E-state index is -3.82. The third-order valence-electron chi connectivity index (χ3n) is 4.88. The molecule has 162 valence electrons. The second kappa shape index (κ2) is 8.86. The Bertz CT molecular complexity index is 1170. The second-order valence-electron chi connectivity index (χ2n) is 7.18. The molecule has 0 unspecified atom stereocenters. The molecule has 30 heavy (non-hydrogen) atoms. The van der Waals surface area contributed by atoms with Crippen molar-refractivity contribution in [1.29, 1.82) is 0 Å². The number of rotatable bonds is 8. The fourth-order valence-corrected chi connectivity index (χ4v) is 4.35. The van der Waals surface area contributed by atoms with Gasteiger partial charge >= 0.3 is 6.03 Å². The number of amides is 2. The largest absolute Gasteiger partial charge is 0.337 e. The monoisotopic (exact) mass is 435 g/mol. The smallest absolute Gasteiger partial charge is 0.328 e. The maximum atomic E-state index is 13.5. The molecule has 3 rings (SSSR count). The second-order valence-corrected chi connectivity index (χ2v) is 9.02. The van der Waals surface area contributed by atoms with E-state index in [2.05, 4.69) is 10.4 Å². The van der Waals surface area contributed by atoms with Crippen LogP contribution in [-0.4, -0.2) is 41.1 Å². The summed E-state index contributed by atoms with van der Waals surface area (Å²) in [6.07, 6.45) is 3.66. The Morgan fingerprint density at radius 3 is 2.77 bits per heavy atom. The average molecular weight is 436 g/mol. The highest BCUT2D eigenvalue weighted by molar-refractivity contribution is 7.90. The highest BCUT2D eigenvalue weighted by atomic mass is 32.2. The quantitative estimate of drug-likeness (QED) is 0.532. The number of sulfonamides is 1. The zero-order chi connectivity index (χ0) is 21.9. The normalized spacial score (nSPS) is 11.7. The number of halogens is 1. The molecule has 0 aliphatic heterocycles. The zero-order valence-electron chi connectivity index (χ0n) is 17.3. The summed E-state index contributed by atoms with van der Waals surface area (Å²) in [6.45, 7) is 4.21.